The summed E-state index contributed by atoms with van der Waals surface area (Å²) < 4.78 is 11.2. The highest BCUT2D eigenvalue weighted by Gasteiger charge is 2.18. The van der Waals surface area contributed by atoms with Gasteiger partial charge in [0, 0.05) is 24.1 Å². The van der Waals surface area contributed by atoms with E-state index < -0.39 is 0 Å². The Morgan fingerprint density at radius 1 is 0.793 bits per heavy atom. The van der Waals surface area contributed by atoms with Crippen LogP contribution in [0.3, 0.4) is 0 Å². The third kappa shape index (κ3) is 5.61. The summed E-state index contributed by atoms with van der Waals surface area (Å²) in [5.74, 6) is 1.26. The lowest BCUT2D eigenvalue weighted by atomic mass is 9.88. The minimum Gasteiger partial charge on any atom is -0.490 e. The zero-order valence-electron chi connectivity index (χ0n) is 16.9. The molecule has 1 amide bonds. The molecule has 0 radical (unpaired) electrons. The summed E-state index contributed by atoms with van der Waals surface area (Å²) in [5, 5.41) is 3.01. The second kappa shape index (κ2) is 10.3. The molecule has 0 aliphatic carbocycles. The summed E-state index contributed by atoms with van der Waals surface area (Å²) >= 11 is 0. The summed E-state index contributed by atoms with van der Waals surface area (Å²) in [6.45, 7) is 4.94. The molecule has 0 bridgehead atoms. The predicted molar refractivity (Wildman–Crippen MR) is 117 cm³/mol. The molecule has 0 heterocycles. The van der Waals surface area contributed by atoms with Crippen molar-refractivity contribution in [3.63, 3.8) is 0 Å². The zero-order chi connectivity index (χ0) is 20.5. The SMILES string of the molecule is CCOc1ccc(NC(=O)CC(c2ccccc2)c2ccccc2)cc1OCC. The van der Waals surface area contributed by atoms with Crippen LogP contribution in [0.4, 0.5) is 5.69 Å². The van der Waals surface area contributed by atoms with Gasteiger partial charge in [-0.25, -0.2) is 0 Å². The van der Waals surface area contributed by atoms with Gasteiger partial charge in [0.25, 0.3) is 0 Å². The summed E-state index contributed by atoms with van der Waals surface area (Å²) in [4.78, 5) is 12.9. The number of benzene rings is 3. The number of ether oxygens (including phenoxy) is 2. The van der Waals surface area contributed by atoms with E-state index in [0.29, 0.717) is 36.8 Å². The molecule has 0 aliphatic heterocycles. The van der Waals surface area contributed by atoms with Gasteiger partial charge in [0.05, 0.1) is 13.2 Å². The molecule has 0 aromatic heterocycles. The van der Waals surface area contributed by atoms with Crippen molar-refractivity contribution in [2.24, 2.45) is 0 Å². The molecule has 0 fully saturated rings. The lowest BCUT2D eigenvalue weighted by Gasteiger charge is -2.18. The van der Waals surface area contributed by atoms with E-state index in [9.17, 15) is 4.79 Å². The molecular formula is C25H27NO3. The van der Waals surface area contributed by atoms with Gasteiger partial charge in [-0.05, 0) is 37.1 Å². The molecule has 0 spiro atoms. The minimum atomic E-state index is -0.0469. The Morgan fingerprint density at radius 3 is 1.90 bits per heavy atom. The lowest BCUT2D eigenvalue weighted by Crippen LogP contribution is -2.16. The number of rotatable bonds is 9. The molecule has 29 heavy (non-hydrogen) atoms. The number of amides is 1. The predicted octanol–water partition coefficient (Wildman–Crippen LogP) is 5.64. The Morgan fingerprint density at radius 2 is 1.34 bits per heavy atom. The van der Waals surface area contributed by atoms with Crippen LogP contribution in [-0.2, 0) is 4.79 Å². The molecule has 3 aromatic rings. The van der Waals surface area contributed by atoms with E-state index in [1.807, 2.05) is 68.4 Å². The monoisotopic (exact) mass is 389 g/mol. The summed E-state index contributed by atoms with van der Waals surface area (Å²) in [6.07, 6.45) is 0.352. The van der Waals surface area contributed by atoms with E-state index in [1.165, 1.54) is 0 Å². The van der Waals surface area contributed by atoms with Crippen LogP contribution in [-0.4, -0.2) is 19.1 Å². The third-order valence-electron chi connectivity index (χ3n) is 4.62. The lowest BCUT2D eigenvalue weighted by molar-refractivity contribution is -0.116. The first kappa shape index (κ1) is 20.5. The van der Waals surface area contributed by atoms with Crippen LogP contribution in [0.15, 0.2) is 78.9 Å². The number of hydrogen-bond acceptors (Lipinski definition) is 3. The van der Waals surface area contributed by atoms with E-state index in [1.54, 1.807) is 0 Å². The summed E-state index contributed by atoms with van der Waals surface area (Å²) in [5.41, 5.74) is 2.94. The fourth-order valence-electron chi connectivity index (χ4n) is 3.33. The van der Waals surface area contributed by atoms with Gasteiger partial charge in [-0.15, -0.1) is 0 Å². The van der Waals surface area contributed by atoms with Gasteiger partial charge >= 0.3 is 0 Å². The first-order valence-electron chi connectivity index (χ1n) is 10.0. The molecule has 4 nitrogen and oxygen atoms in total. The van der Waals surface area contributed by atoms with Gasteiger partial charge in [0.15, 0.2) is 11.5 Å². The molecule has 150 valence electrons. The van der Waals surface area contributed by atoms with Gasteiger partial charge in [-0.3, -0.25) is 4.79 Å². The van der Waals surface area contributed by atoms with E-state index in [4.69, 9.17) is 9.47 Å². The number of nitrogens with one attached hydrogen (secondary N) is 1. The van der Waals surface area contributed by atoms with Crippen LogP contribution < -0.4 is 14.8 Å². The Hall–Kier alpha value is -3.27. The van der Waals surface area contributed by atoms with Crippen molar-refractivity contribution in [1.82, 2.24) is 0 Å². The van der Waals surface area contributed by atoms with Gasteiger partial charge in [-0.1, -0.05) is 60.7 Å². The molecule has 0 atom stereocenters. The van der Waals surface area contributed by atoms with Crippen molar-refractivity contribution in [2.45, 2.75) is 26.2 Å². The van der Waals surface area contributed by atoms with E-state index >= 15 is 0 Å². The second-order valence-electron chi connectivity index (χ2n) is 6.65. The van der Waals surface area contributed by atoms with Crippen molar-refractivity contribution in [2.75, 3.05) is 18.5 Å². The molecule has 3 rings (SSSR count). The smallest absolute Gasteiger partial charge is 0.225 e. The van der Waals surface area contributed by atoms with Gasteiger partial charge in [0.2, 0.25) is 5.91 Å². The highest BCUT2D eigenvalue weighted by atomic mass is 16.5. The van der Waals surface area contributed by atoms with Crippen molar-refractivity contribution < 1.29 is 14.3 Å². The number of carbonyl (C=O) groups excluding carboxylic acids is 1. The molecular weight excluding hydrogens is 362 g/mol. The first-order chi connectivity index (χ1) is 14.2. The minimum absolute atomic E-state index is 0.00791. The molecule has 0 saturated carbocycles. The van der Waals surface area contributed by atoms with Gasteiger partial charge < -0.3 is 14.8 Å². The number of hydrogen-bond donors (Lipinski definition) is 1. The van der Waals surface area contributed by atoms with E-state index in [-0.39, 0.29) is 11.8 Å². The highest BCUT2D eigenvalue weighted by molar-refractivity contribution is 5.92. The second-order valence-corrected chi connectivity index (χ2v) is 6.65. The fourth-order valence-corrected chi connectivity index (χ4v) is 3.33. The van der Waals surface area contributed by atoms with Crippen LogP contribution in [0, 0.1) is 0 Å². The molecule has 0 saturated heterocycles. The van der Waals surface area contributed by atoms with Crippen molar-refractivity contribution >= 4 is 11.6 Å². The summed E-state index contributed by atoms with van der Waals surface area (Å²) in [7, 11) is 0. The largest absolute Gasteiger partial charge is 0.490 e. The van der Waals surface area contributed by atoms with Crippen LogP contribution in [0.5, 0.6) is 11.5 Å². The normalized spacial score (nSPS) is 10.6. The number of carbonyl (C=O) groups is 1. The van der Waals surface area contributed by atoms with Crippen molar-refractivity contribution in [1.29, 1.82) is 0 Å². The quantitative estimate of drug-likeness (QED) is 0.515. The third-order valence-corrected chi connectivity index (χ3v) is 4.62. The zero-order valence-corrected chi connectivity index (χ0v) is 16.9. The van der Waals surface area contributed by atoms with Crippen LogP contribution in [0.1, 0.15) is 37.3 Å². The first-order valence-corrected chi connectivity index (χ1v) is 10.0. The van der Waals surface area contributed by atoms with E-state index in [0.717, 1.165) is 11.1 Å². The standard InChI is InChI=1S/C25H27NO3/c1-3-28-23-16-15-21(17-24(23)29-4-2)26-25(27)18-22(19-11-7-5-8-12-19)20-13-9-6-10-14-20/h5-17,22H,3-4,18H2,1-2H3,(H,26,27). The number of anilines is 1. The topological polar surface area (TPSA) is 47.6 Å². The van der Waals surface area contributed by atoms with Gasteiger partial charge in [-0.2, -0.15) is 0 Å². The average Bonchev–Trinajstić information content (AvgIpc) is 2.75. The van der Waals surface area contributed by atoms with E-state index in [2.05, 4.69) is 29.6 Å². The molecule has 3 aromatic carbocycles. The molecule has 0 unspecified atom stereocenters. The Labute approximate surface area is 172 Å². The Kier molecular flexibility index (Phi) is 7.28. The van der Waals surface area contributed by atoms with Crippen molar-refractivity contribution in [3.05, 3.63) is 90.0 Å². The maximum Gasteiger partial charge on any atom is 0.225 e. The maximum absolute atomic E-state index is 12.9. The Bertz CT molecular complexity index is 870. The van der Waals surface area contributed by atoms with Gasteiger partial charge in [0.1, 0.15) is 0 Å². The van der Waals surface area contributed by atoms with Crippen LogP contribution in [0.25, 0.3) is 0 Å². The average molecular weight is 389 g/mol. The van der Waals surface area contributed by atoms with Crippen LogP contribution in [0.2, 0.25) is 0 Å². The Balaban J connectivity index is 1.78. The highest BCUT2D eigenvalue weighted by Crippen LogP contribution is 2.32. The molecule has 1 N–H and O–H groups in total. The van der Waals surface area contributed by atoms with Crippen LogP contribution >= 0.6 is 0 Å². The fraction of sp³-hybridized carbons (Fsp3) is 0.240. The maximum atomic E-state index is 12.9. The summed E-state index contributed by atoms with van der Waals surface area (Å²) in [6, 6.07) is 25.7. The molecule has 4 heteroatoms. The van der Waals surface area contributed by atoms with Crippen molar-refractivity contribution in [3.8, 4) is 11.5 Å². The molecule has 0 aliphatic rings.